The molecule has 0 bridgehead atoms. The van der Waals surface area contributed by atoms with Crippen LogP contribution in [-0.2, 0) is 9.59 Å². The van der Waals surface area contributed by atoms with Crippen LogP contribution in [0.1, 0.15) is 35.4 Å². The first-order valence-electron chi connectivity index (χ1n) is 8.65. The molecule has 0 fully saturated rings. The molecule has 2 aromatic rings. The number of anilines is 1. The molecule has 2 rings (SSSR count). The third-order valence-electron chi connectivity index (χ3n) is 4.12. The second kappa shape index (κ2) is 8.67. The van der Waals surface area contributed by atoms with Gasteiger partial charge in [0, 0.05) is 5.69 Å². The lowest BCUT2D eigenvalue weighted by Crippen LogP contribution is -2.39. The predicted molar refractivity (Wildman–Crippen MR) is 102 cm³/mol. The third kappa shape index (κ3) is 5.46. The van der Waals surface area contributed by atoms with Gasteiger partial charge in [-0.2, -0.15) is 0 Å². The first-order chi connectivity index (χ1) is 12.3. The number of likely N-dealkylation sites (N-methyl/N-ethyl adjacent to an activating group) is 1. The summed E-state index contributed by atoms with van der Waals surface area (Å²) < 4.78 is 5.27. The fourth-order valence-electron chi connectivity index (χ4n) is 3.00. The molecule has 1 aromatic heterocycles. The molecule has 0 aliphatic heterocycles. The predicted octanol–water partition coefficient (Wildman–Crippen LogP) is 2.95. The molecule has 140 valence electrons. The van der Waals surface area contributed by atoms with Crippen molar-refractivity contribution in [3.63, 3.8) is 0 Å². The van der Waals surface area contributed by atoms with Gasteiger partial charge in [0.2, 0.25) is 11.8 Å². The second-order valence-electron chi connectivity index (χ2n) is 6.80. The average Bonchev–Trinajstić information content (AvgIpc) is 3.04. The van der Waals surface area contributed by atoms with E-state index in [9.17, 15) is 9.59 Å². The van der Waals surface area contributed by atoms with E-state index in [1.54, 1.807) is 24.3 Å². The van der Waals surface area contributed by atoms with Crippen molar-refractivity contribution in [2.45, 2.75) is 33.7 Å². The summed E-state index contributed by atoms with van der Waals surface area (Å²) >= 11 is 0. The molecule has 0 aliphatic carbocycles. The van der Waals surface area contributed by atoms with E-state index in [-0.39, 0.29) is 30.9 Å². The van der Waals surface area contributed by atoms with Gasteiger partial charge in [-0.3, -0.25) is 14.5 Å². The number of furan rings is 1. The molecule has 1 aromatic carbocycles. The number of benzene rings is 1. The Labute approximate surface area is 154 Å². The lowest BCUT2D eigenvalue weighted by atomic mass is 10.1. The molecule has 6 heteroatoms. The maximum absolute atomic E-state index is 12.3. The topological polar surface area (TPSA) is 74.6 Å². The summed E-state index contributed by atoms with van der Waals surface area (Å²) in [5.74, 6) is 0.394. The summed E-state index contributed by atoms with van der Waals surface area (Å²) in [6.45, 7) is 8.10. The van der Waals surface area contributed by atoms with Gasteiger partial charge in [-0.15, -0.1) is 0 Å². The van der Waals surface area contributed by atoms with Crippen LogP contribution in [0.2, 0.25) is 0 Å². The fourth-order valence-corrected chi connectivity index (χ4v) is 3.00. The summed E-state index contributed by atoms with van der Waals surface area (Å²) in [7, 11) is 1.74. The number of aryl methyl sites for hydroxylation is 3. The van der Waals surface area contributed by atoms with Gasteiger partial charge >= 0.3 is 0 Å². The summed E-state index contributed by atoms with van der Waals surface area (Å²) in [6.07, 6.45) is 1.57. The van der Waals surface area contributed by atoms with Gasteiger partial charge < -0.3 is 15.1 Å². The molecule has 2 N–H and O–H groups in total. The van der Waals surface area contributed by atoms with Gasteiger partial charge in [-0.25, -0.2) is 0 Å². The number of hydrogen-bond acceptors (Lipinski definition) is 4. The van der Waals surface area contributed by atoms with E-state index in [0.717, 1.165) is 22.4 Å². The van der Waals surface area contributed by atoms with Crippen molar-refractivity contribution in [2.75, 3.05) is 25.5 Å². The quantitative estimate of drug-likeness (QED) is 0.799. The van der Waals surface area contributed by atoms with E-state index in [2.05, 4.69) is 10.6 Å². The average molecular weight is 357 g/mol. The molecule has 0 radical (unpaired) electrons. The highest BCUT2D eigenvalue weighted by Gasteiger charge is 2.16. The molecule has 6 nitrogen and oxygen atoms in total. The zero-order valence-electron chi connectivity index (χ0n) is 16.1. The van der Waals surface area contributed by atoms with Crippen molar-refractivity contribution in [3.05, 3.63) is 53.0 Å². The highest BCUT2D eigenvalue weighted by atomic mass is 16.3. The van der Waals surface area contributed by atoms with E-state index in [1.807, 2.05) is 45.9 Å². The summed E-state index contributed by atoms with van der Waals surface area (Å²) in [4.78, 5) is 26.1. The molecule has 0 unspecified atom stereocenters. The minimum absolute atomic E-state index is 0.129. The zero-order valence-corrected chi connectivity index (χ0v) is 16.1. The number of rotatable bonds is 7. The Morgan fingerprint density at radius 2 is 1.73 bits per heavy atom. The monoisotopic (exact) mass is 357 g/mol. The van der Waals surface area contributed by atoms with Crippen molar-refractivity contribution in [2.24, 2.45) is 0 Å². The molecular weight excluding hydrogens is 330 g/mol. The normalized spacial score (nSPS) is 12.1. The van der Waals surface area contributed by atoms with Crippen LogP contribution in [0.15, 0.2) is 34.9 Å². The highest BCUT2D eigenvalue weighted by molar-refractivity contribution is 5.94. The van der Waals surface area contributed by atoms with Gasteiger partial charge in [-0.05, 0) is 58.0 Å². The number of hydrogen-bond donors (Lipinski definition) is 2. The van der Waals surface area contributed by atoms with Crippen molar-refractivity contribution in [1.82, 2.24) is 10.2 Å². The SMILES string of the molecule is Cc1cc(C)c(NC(=O)CN(C)CC(=O)N[C@H](C)c2ccco2)c(C)c1. The van der Waals surface area contributed by atoms with Crippen molar-refractivity contribution in [1.29, 1.82) is 0 Å². The largest absolute Gasteiger partial charge is 0.467 e. The van der Waals surface area contributed by atoms with Crippen LogP contribution in [0.4, 0.5) is 5.69 Å². The Hall–Kier alpha value is -2.60. The highest BCUT2D eigenvalue weighted by Crippen LogP contribution is 2.21. The molecule has 2 amide bonds. The van der Waals surface area contributed by atoms with E-state index >= 15 is 0 Å². The second-order valence-corrected chi connectivity index (χ2v) is 6.80. The van der Waals surface area contributed by atoms with Gasteiger partial charge in [0.05, 0.1) is 25.4 Å². The Morgan fingerprint density at radius 1 is 1.12 bits per heavy atom. The minimum atomic E-state index is -0.211. The van der Waals surface area contributed by atoms with Crippen LogP contribution >= 0.6 is 0 Å². The smallest absolute Gasteiger partial charge is 0.238 e. The molecule has 0 aliphatic rings. The van der Waals surface area contributed by atoms with Crippen molar-refractivity contribution >= 4 is 17.5 Å². The molecule has 1 heterocycles. The standard InChI is InChI=1S/C20H27N3O3/c1-13-9-14(2)20(15(3)10-13)22-19(25)12-23(5)11-18(24)21-16(4)17-7-6-8-26-17/h6-10,16H,11-12H2,1-5H3,(H,21,24)(H,22,25)/t16-/m1/s1. The van der Waals surface area contributed by atoms with Crippen LogP contribution in [-0.4, -0.2) is 36.9 Å². The van der Waals surface area contributed by atoms with Gasteiger partial charge in [0.25, 0.3) is 0 Å². The molecular formula is C20H27N3O3. The molecule has 0 saturated heterocycles. The van der Waals surface area contributed by atoms with Gasteiger partial charge in [-0.1, -0.05) is 17.7 Å². The minimum Gasteiger partial charge on any atom is -0.467 e. The van der Waals surface area contributed by atoms with Gasteiger partial charge in [0.1, 0.15) is 5.76 Å². The summed E-state index contributed by atoms with van der Waals surface area (Å²) in [5, 5.41) is 5.80. The van der Waals surface area contributed by atoms with Gasteiger partial charge in [0.15, 0.2) is 0 Å². The summed E-state index contributed by atoms with van der Waals surface area (Å²) in [6, 6.07) is 7.46. The van der Waals surface area contributed by atoms with Crippen LogP contribution in [0.3, 0.4) is 0 Å². The van der Waals surface area contributed by atoms with E-state index in [0.29, 0.717) is 5.76 Å². The maximum atomic E-state index is 12.3. The number of carbonyl (C=O) groups excluding carboxylic acids is 2. The zero-order chi connectivity index (χ0) is 19.3. The van der Waals surface area contributed by atoms with E-state index in [1.165, 1.54) is 0 Å². The third-order valence-corrected chi connectivity index (χ3v) is 4.12. The Balaban J connectivity index is 1.84. The van der Waals surface area contributed by atoms with Crippen LogP contribution in [0, 0.1) is 20.8 Å². The number of nitrogens with one attached hydrogen (secondary N) is 2. The fraction of sp³-hybridized carbons (Fsp3) is 0.400. The number of carbonyl (C=O) groups is 2. The molecule has 0 spiro atoms. The maximum Gasteiger partial charge on any atom is 0.238 e. The Morgan fingerprint density at radius 3 is 2.31 bits per heavy atom. The first kappa shape index (κ1) is 19.7. The Bertz CT molecular complexity index is 746. The number of nitrogens with zero attached hydrogens (tertiary/aromatic N) is 1. The van der Waals surface area contributed by atoms with E-state index < -0.39 is 0 Å². The van der Waals surface area contributed by atoms with Crippen LogP contribution < -0.4 is 10.6 Å². The Kier molecular flexibility index (Phi) is 6.58. The van der Waals surface area contributed by atoms with Crippen LogP contribution in [0.25, 0.3) is 0 Å². The van der Waals surface area contributed by atoms with Crippen molar-refractivity contribution in [3.8, 4) is 0 Å². The molecule has 0 saturated carbocycles. The van der Waals surface area contributed by atoms with Crippen LogP contribution in [0.5, 0.6) is 0 Å². The lowest BCUT2D eigenvalue weighted by Gasteiger charge is -2.19. The first-order valence-corrected chi connectivity index (χ1v) is 8.65. The van der Waals surface area contributed by atoms with E-state index in [4.69, 9.17) is 4.42 Å². The van der Waals surface area contributed by atoms with Crippen molar-refractivity contribution < 1.29 is 14.0 Å². The molecule has 1 atom stereocenters. The summed E-state index contributed by atoms with van der Waals surface area (Å²) in [5.41, 5.74) is 4.06. The number of amides is 2. The lowest BCUT2D eigenvalue weighted by molar-refractivity contribution is -0.123. The molecule has 26 heavy (non-hydrogen) atoms.